The molecule has 6 nitrogen and oxygen atoms in total. The first-order chi connectivity index (χ1) is 12.0. The molecule has 0 unspecified atom stereocenters. The predicted octanol–water partition coefficient (Wildman–Crippen LogP) is 1.71. The standard InChI is InChI=1S/C19H25N3O3/c1-13-8-16(14(2)22(13)6-7-25-3)10-17(11-20)19(24)21-18-5-4-15(9-18)12-23/h4-5,8,10,15,18,23H,6-7,9,12H2,1-3H3,(H,21,24)/b17-10-/t15-,18+/m0/s1. The van der Waals surface area contributed by atoms with E-state index in [1.165, 1.54) is 0 Å². The SMILES string of the molecule is COCCn1c(C)cc(/C=C(/C#N)C(=O)N[C@@H]2C=C[C@H](CO)C2)c1C. The van der Waals surface area contributed by atoms with Crippen molar-refractivity contribution in [2.75, 3.05) is 20.3 Å². The number of aromatic nitrogens is 1. The molecule has 134 valence electrons. The van der Waals surface area contributed by atoms with Gasteiger partial charge >= 0.3 is 0 Å². The van der Waals surface area contributed by atoms with E-state index in [2.05, 4.69) is 9.88 Å². The van der Waals surface area contributed by atoms with Crippen molar-refractivity contribution < 1.29 is 14.6 Å². The molecule has 0 saturated carbocycles. The highest BCUT2D eigenvalue weighted by molar-refractivity contribution is 6.02. The van der Waals surface area contributed by atoms with Crippen LogP contribution in [-0.4, -0.2) is 41.9 Å². The van der Waals surface area contributed by atoms with Gasteiger partial charge in [-0.25, -0.2) is 0 Å². The van der Waals surface area contributed by atoms with Crippen molar-refractivity contribution in [3.05, 3.63) is 40.7 Å². The molecular weight excluding hydrogens is 318 g/mol. The van der Waals surface area contributed by atoms with E-state index in [0.717, 1.165) is 23.5 Å². The summed E-state index contributed by atoms with van der Waals surface area (Å²) in [6.07, 6.45) is 6.05. The van der Waals surface area contributed by atoms with E-state index in [4.69, 9.17) is 9.84 Å². The molecule has 0 radical (unpaired) electrons. The molecule has 1 heterocycles. The Kier molecular flexibility index (Phi) is 6.57. The van der Waals surface area contributed by atoms with E-state index < -0.39 is 5.91 Å². The lowest BCUT2D eigenvalue weighted by Gasteiger charge is -2.12. The Labute approximate surface area is 148 Å². The fourth-order valence-corrected chi connectivity index (χ4v) is 3.07. The molecule has 1 aliphatic carbocycles. The number of nitrogens with one attached hydrogen (secondary N) is 1. The third-order valence-electron chi connectivity index (χ3n) is 4.52. The van der Waals surface area contributed by atoms with E-state index in [1.807, 2.05) is 38.1 Å². The fraction of sp³-hybridized carbons (Fsp3) is 0.474. The molecule has 1 aromatic rings. The molecule has 1 amide bonds. The highest BCUT2D eigenvalue weighted by Crippen LogP contribution is 2.20. The van der Waals surface area contributed by atoms with Gasteiger partial charge in [-0.1, -0.05) is 12.2 Å². The monoisotopic (exact) mass is 343 g/mol. The molecule has 0 aromatic carbocycles. The third kappa shape index (κ3) is 4.59. The lowest BCUT2D eigenvalue weighted by Crippen LogP contribution is -2.33. The van der Waals surface area contributed by atoms with Crippen LogP contribution in [0.5, 0.6) is 0 Å². The molecule has 0 bridgehead atoms. The zero-order chi connectivity index (χ0) is 18.4. The number of hydrogen-bond donors (Lipinski definition) is 2. The van der Waals surface area contributed by atoms with Crippen molar-refractivity contribution in [2.45, 2.75) is 32.9 Å². The second kappa shape index (κ2) is 8.65. The number of ether oxygens (including phenoxy) is 1. The summed E-state index contributed by atoms with van der Waals surface area (Å²) in [7, 11) is 1.66. The molecule has 2 atom stereocenters. The van der Waals surface area contributed by atoms with Gasteiger partial charge in [0.25, 0.3) is 5.91 Å². The van der Waals surface area contributed by atoms with Crippen molar-refractivity contribution in [2.24, 2.45) is 5.92 Å². The quantitative estimate of drug-likeness (QED) is 0.448. The van der Waals surface area contributed by atoms with Crippen molar-refractivity contribution in [1.82, 2.24) is 9.88 Å². The van der Waals surface area contributed by atoms with Crippen LogP contribution < -0.4 is 5.32 Å². The first-order valence-electron chi connectivity index (χ1n) is 8.37. The minimum Gasteiger partial charge on any atom is -0.396 e. The summed E-state index contributed by atoms with van der Waals surface area (Å²) in [4.78, 5) is 12.4. The molecule has 2 rings (SSSR count). The number of nitriles is 1. The van der Waals surface area contributed by atoms with Crippen molar-refractivity contribution in [3.8, 4) is 6.07 Å². The molecule has 1 aromatic heterocycles. The number of nitrogens with zero attached hydrogens (tertiary/aromatic N) is 2. The maximum absolute atomic E-state index is 12.4. The smallest absolute Gasteiger partial charge is 0.262 e. The number of aliphatic hydroxyl groups excluding tert-OH is 1. The molecule has 0 spiro atoms. The number of rotatable bonds is 7. The average Bonchev–Trinajstić information content (AvgIpc) is 3.15. The van der Waals surface area contributed by atoms with Crippen LogP contribution in [0, 0.1) is 31.1 Å². The first kappa shape index (κ1) is 19.0. The Balaban J connectivity index is 2.13. The van der Waals surface area contributed by atoms with Crippen molar-refractivity contribution in [3.63, 3.8) is 0 Å². The van der Waals surface area contributed by atoms with Gasteiger partial charge < -0.3 is 19.7 Å². The van der Waals surface area contributed by atoms with Gasteiger partial charge in [0.05, 0.1) is 6.61 Å². The minimum atomic E-state index is -0.391. The number of aryl methyl sites for hydroxylation is 1. The van der Waals surface area contributed by atoms with Crippen LogP contribution in [0.4, 0.5) is 0 Å². The number of methoxy groups -OCH3 is 1. The minimum absolute atomic E-state index is 0.0667. The maximum Gasteiger partial charge on any atom is 0.262 e. The van der Waals surface area contributed by atoms with E-state index in [9.17, 15) is 10.1 Å². The molecule has 0 saturated heterocycles. The van der Waals surface area contributed by atoms with Crippen LogP contribution in [0.25, 0.3) is 6.08 Å². The highest BCUT2D eigenvalue weighted by atomic mass is 16.5. The van der Waals surface area contributed by atoms with Gasteiger partial charge in [0.1, 0.15) is 11.6 Å². The molecule has 1 aliphatic rings. The van der Waals surface area contributed by atoms with Gasteiger partial charge in [-0.2, -0.15) is 5.26 Å². The normalized spacial score (nSPS) is 19.9. The Morgan fingerprint density at radius 1 is 1.52 bits per heavy atom. The summed E-state index contributed by atoms with van der Waals surface area (Å²) in [5, 5.41) is 21.4. The highest BCUT2D eigenvalue weighted by Gasteiger charge is 2.21. The van der Waals surface area contributed by atoms with Crippen LogP contribution in [0.1, 0.15) is 23.4 Å². The van der Waals surface area contributed by atoms with E-state index in [1.54, 1.807) is 13.2 Å². The third-order valence-corrected chi connectivity index (χ3v) is 4.52. The topological polar surface area (TPSA) is 87.3 Å². The summed E-state index contributed by atoms with van der Waals surface area (Å²) < 4.78 is 7.23. The zero-order valence-electron chi connectivity index (χ0n) is 15.0. The molecule has 0 aliphatic heterocycles. The van der Waals surface area contributed by atoms with Gasteiger partial charge in [0.2, 0.25) is 0 Å². The second-order valence-electron chi connectivity index (χ2n) is 6.28. The fourth-order valence-electron chi connectivity index (χ4n) is 3.07. The lowest BCUT2D eigenvalue weighted by atomic mass is 10.1. The maximum atomic E-state index is 12.4. The van der Waals surface area contributed by atoms with Crippen LogP contribution in [-0.2, 0) is 16.1 Å². The number of carbonyl (C=O) groups excluding carboxylic acids is 1. The molecule has 2 N–H and O–H groups in total. The van der Waals surface area contributed by atoms with E-state index in [0.29, 0.717) is 13.0 Å². The number of amides is 1. The van der Waals surface area contributed by atoms with Gasteiger partial charge in [-0.15, -0.1) is 0 Å². The molecule has 6 heteroatoms. The van der Waals surface area contributed by atoms with Crippen LogP contribution in [0.2, 0.25) is 0 Å². The summed E-state index contributed by atoms with van der Waals surface area (Å²) in [6, 6.07) is 3.81. The van der Waals surface area contributed by atoms with Crippen molar-refractivity contribution >= 4 is 12.0 Å². The van der Waals surface area contributed by atoms with Crippen LogP contribution >= 0.6 is 0 Å². The predicted molar refractivity (Wildman–Crippen MR) is 95.6 cm³/mol. The first-order valence-corrected chi connectivity index (χ1v) is 8.37. The Bertz CT molecular complexity index is 725. The Morgan fingerprint density at radius 2 is 2.28 bits per heavy atom. The molecule has 25 heavy (non-hydrogen) atoms. The van der Waals surface area contributed by atoms with Crippen LogP contribution in [0.3, 0.4) is 0 Å². The zero-order valence-corrected chi connectivity index (χ0v) is 15.0. The molecule has 0 fully saturated rings. The second-order valence-corrected chi connectivity index (χ2v) is 6.28. The van der Waals surface area contributed by atoms with Gasteiger partial charge in [0.15, 0.2) is 0 Å². The Morgan fingerprint density at radius 3 is 2.88 bits per heavy atom. The van der Waals surface area contributed by atoms with Gasteiger partial charge in [-0.3, -0.25) is 4.79 Å². The average molecular weight is 343 g/mol. The van der Waals surface area contributed by atoms with E-state index in [-0.39, 0.29) is 24.1 Å². The summed E-state index contributed by atoms with van der Waals surface area (Å²) in [5.74, 6) is -0.322. The van der Waals surface area contributed by atoms with Gasteiger partial charge in [0, 0.05) is 43.6 Å². The van der Waals surface area contributed by atoms with Crippen molar-refractivity contribution in [1.29, 1.82) is 5.26 Å². The summed E-state index contributed by atoms with van der Waals surface area (Å²) >= 11 is 0. The summed E-state index contributed by atoms with van der Waals surface area (Å²) in [5.41, 5.74) is 2.99. The van der Waals surface area contributed by atoms with E-state index >= 15 is 0 Å². The number of carbonyl (C=O) groups is 1. The van der Waals surface area contributed by atoms with Gasteiger partial charge in [-0.05, 0) is 38.0 Å². The molecular formula is C19H25N3O3. The van der Waals surface area contributed by atoms with Crippen LogP contribution in [0.15, 0.2) is 23.8 Å². The summed E-state index contributed by atoms with van der Waals surface area (Å²) in [6.45, 7) is 5.35. The lowest BCUT2D eigenvalue weighted by molar-refractivity contribution is -0.117. The number of aliphatic hydroxyl groups is 1. The number of hydrogen-bond acceptors (Lipinski definition) is 4. The Hall–Kier alpha value is -2.36. The largest absolute Gasteiger partial charge is 0.396 e.